The molecular formula is C17H18N2O4. The molecule has 0 aliphatic heterocycles. The molecule has 1 amide bonds. The van der Waals surface area contributed by atoms with Crippen LogP contribution in [0, 0.1) is 10.1 Å². The van der Waals surface area contributed by atoms with Gasteiger partial charge in [0.1, 0.15) is 5.75 Å². The van der Waals surface area contributed by atoms with Gasteiger partial charge in [0.05, 0.1) is 11.0 Å². The topological polar surface area (TPSA) is 81.5 Å². The Morgan fingerprint density at radius 3 is 2.52 bits per heavy atom. The van der Waals surface area contributed by atoms with Crippen LogP contribution in [0.5, 0.6) is 5.75 Å². The summed E-state index contributed by atoms with van der Waals surface area (Å²) in [5.74, 6) is 0.470. The Morgan fingerprint density at radius 1 is 1.22 bits per heavy atom. The van der Waals surface area contributed by atoms with Crippen LogP contribution < -0.4 is 10.1 Å². The Hall–Kier alpha value is -2.89. The van der Waals surface area contributed by atoms with Gasteiger partial charge in [-0.1, -0.05) is 12.1 Å². The number of non-ortho nitro benzene ring substituents is 1. The molecule has 0 spiro atoms. The molecule has 2 rings (SSSR count). The van der Waals surface area contributed by atoms with Crippen LogP contribution >= 0.6 is 0 Å². The van der Waals surface area contributed by atoms with Crippen LogP contribution in [-0.2, 0) is 6.54 Å². The van der Waals surface area contributed by atoms with Crippen molar-refractivity contribution >= 4 is 11.6 Å². The summed E-state index contributed by atoms with van der Waals surface area (Å²) in [5, 5.41) is 13.4. The van der Waals surface area contributed by atoms with E-state index in [0.717, 1.165) is 11.3 Å². The van der Waals surface area contributed by atoms with Crippen LogP contribution in [0.1, 0.15) is 29.8 Å². The van der Waals surface area contributed by atoms with Crippen LogP contribution in [0.3, 0.4) is 0 Å². The third kappa shape index (κ3) is 4.81. The minimum atomic E-state index is -0.498. The van der Waals surface area contributed by atoms with Crippen LogP contribution in [0.4, 0.5) is 5.69 Å². The van der Waals surface area contributed by atoms with Gasteiger partial charge in [0.25, 0.3) is 11.6 Å². The fraction of sp³-hybridized carbons (Fsp3) is 0.235. The number of carbonyl (C=O) groups is 1. The molecule has 0 aromatic heterocycles. The number of nitrogens with zero attached hydrogens (tertiary/aromatic N) is 1. The predicted octanol–water partition coefficient (Wildman–Crippen LogP) is 3.31. The quantitative estimate of drug-likeness (QED) is 0.655. The van der Waals surface area contributed by atoms with Gasteiger partial charge in [-0.05, 0) is 43.7 Å². The molecule has 0 radical (unpaired) electrons. The zero-order chi connectivity index (χ0) is 16.8. The minimum Gasteiger partial charge on any atom is -0.491 e. The SMILES string of the molecule is CC(C)Oc1cccc(CNC(=O)c2ccc([N+](=O)[O-])cc2)c1. The molecular weight excluding hydrogens is 296 g/mol. The molecule has 6 nitrogen and oxygen atoms in total. The van der Waals surface area contributed by atoms with Gasteiger partial charge in [-0.3, -0.25) is 14.9 Å². The summed E-state index contributed by atoms with van der Waals surface area (Å²) in [6.45, 7) is 4.25. The van der Waals surface area contributed by atoms with Gasteiger partial charge in [0.15, 0.2) is 0 Å². The molecule has 0 fully saturated rings. The van der Waals surface area contributed by atoms with Crippen molar-refractivity contribution in [2.45, 2.75) is 26.5 Å². The lowest BCUT2D eigenvalue weighted by molar-refractivity contribution is -0.384. The summed E-state index contributed by atoms with van der Waals surface area (Å²) in [5.41, 5.74) is 1.25. The highest BCUT2D eigenvalue weighted by Crippen LogP contribution is 2.15. The Labute approximate surface area is 134 Å². The Morgan fingerprint density at radius 2 is 1.91 bits per heavy atom. The number of nitrogens with one attached hydrogen (secondary N) is 1. The van der Waals surface area contributed by atoms with Crippen LogP contribution in [0.2, 0.25) is 0 Å². The number of hydrogen-bond donors (Lipinski definition) is 1. The normalized spacial score (nSPS) is 10.4. The predicted molar refractivity (Wildman–Crippen MR) is 86.5 cm³/mol. The smallest absolute Gasteiger partial charge is 0.269 e. The Bertz CT molecular complexity index is 696. The number of rotatable bonds is 6. The van der Waals surface area contributed by atoms with Gasteiger partial charge in [-0.2, -0.15) is 0 Å². The average molecular weight is 314 g/mol. The van der Waals surface area contributed by atoms with Gasteiger partial charge < -0.3 is 10.1 Å². The second kappa shape index (κ2) is 7.40. The van der Waals surface area contributed by atoms with Crippen molar-refractivity contribution < 1.29 is 14.5 Å². The van der Waals surface area contributed by atoms with Gasteiger partial charge >= 0.3 is 0 Å². The van der Waals surface area contributed by atoms with E-state index < -0.39 is 4.92 Å². The summed E-state index contributed by atoms with van der Waals surface area (Å²) >= 11 is 0. The van der Waals surface area contributed by atoms with Gasteiger partial charge in [0, 0.05) is 24.2 Å². The number of carbonyl (C=O) groups excluding carboxylic acids is 1. The maximum Gasteiger partial charge on any atom is 0.269 e. The van der Waals surface area contributed by atoms with E-state index in [0.29, 0.717) is 12.1 Å². The molecule has 0 saturated carbocycles. The average Bonchev–Trinajstić information content (AvgIpc) is 2.52. The largest absolute Gasteiger partial charge is 0.491 e. The van der Waals surface area contributed by atoms with E-state index in [1.165, 1.54) is 24.3 Å². The fourth-order valence-corrected chi connectivity index (χ4v) is 2.02. The highest BCUT2D eigenvalue weighted by atomic mass is 16.6. The van der Waals surface area contributed by atoms with Gasteiger partial charge in [-0.25, -0.2) is 0 Å². The molecule has 0 bridgehead atoms. The highest BCUT2D eigenvalue weighted by molar-refractivity contribution is 5.94. The number of nitro benzene ring substituents is 1. The molecule has 2 aromatic carbocycles. The second-order valence-corrected chi connectivity index (χ2v) is 5.30. The van der Waals surface area contributed by atoms with Crippen molar-refractivity contribution in [3.8, 4) is 5.75 Å². The van der Waals surface area contributed by atoms with Crippen molar-refractivity contribution in [2.75, 3.05) is 0 Å². The first-order valence-electron chi connectivity index (χ1n) is 7.24. The van der Waals surface area contributed by atoms with Crippen LogP contribution in [-0.4, -0.2) is 16.9 Å². The van der Waals surface area contributed by atoms with Crippen molar-refractivity contribution in [3.63, 3.8) is 0 Å². The molecule has 0 unspecified atom stereocenters. The third-order valence-corrected chi connectivity index (χ3v) is 3.06. The van der Waals surface area contributed by atoms with Crippen LogP contribution in [0.25, 0.3) is 0 Å². The molecule has 120 valence electrons. The second-order valence-electron chi connectivity index (χ2n) is 5.30. The third-order valence-electron chi connectivity index (χ3n) is 3.06. The van der Waals surface area contributed by atoms with E-state index in [2.05, 4.69) is 5.32 Å². The first-order valence-corrected chi connectivity index (χ1v) is 7.24. The summed E-state index contributed by atoms with van der Waals surface area (Å²) in [6, 6.07) is 13.0. The molecule has 2 aromatic rings. The lowest BCUT2D eigenvalue weighted by Crippen LogP contribution is -2.22. The van der Waals surface area contributed by atoms with E-state index in [9.17, 15) is 14.9 Å². The van der Waals surface area contributed by atoms with E-state index in [-0.39, 0.29) is 17.7 Å². The zero-order valence-corrected chi connectivity index (χ0v) is 13.0. The molecule has 0 atom stereocenters. The molecule has 6 heteroatoms. The van der Waals surface area contributed by atoms with E-state index >= 15 is 0 Å². The van der Waals surface area contributed by atoms with Crippen LogP contribution in [0.15, 0.2) is 48.5 Å². The van der Waals surface area contributed by atoms with Crippen molar-refractivity contribution in [2.24, 2.45) is 0 Å². The minimum absolute atomic E-state index is 0.0416. The molecule has 0 aliphatic rings. The Kier molecular flexibility index (Phi) is 5.30. The monoisotopic (exact) mass is 314 g/mol. The van der Waals surface area contributed by atoms with Crippen molar-refractivity contribution in [3.05, 3.63) is 69.8 Å². The summed E-state index contributed by atoms with van der Waals surface area (Å²) < 4.78 is 5.61. The van der Waals surface area contributed by atoms with Gasteiger partial charge in [0.2, 0.25) is 0 Å². The molecule has 0 saturated heterocycles. The van der Waals surface area contributed by atoms with E-state index in [1.54, 1.807) is 0 Å². The van der Waals surface area contributed by atoms with E-state index in [1.807, 2.05) is 38.1 Å². The number of amides is 1. The maximum atomic E-state index is 12.0. The number of benzene rings is 2. The lowest BCUT2D eigenvalue weighted by Gasteiger charge is -2.11. The molecule has 0 heterocycles. The summed E-state index contributed by atoms with van der Waals surface area (Å²) in [7, 11) is 0. The Balaban J connectivity index is 1.97. The fourth-order valence-electron chi connectivity index (χ4n) is 2.02. The lowest BCUT2D eigenvalue weighted by atomic mass is 10.1. The number of nitro groups is 1. The summed E-state index contributed by atoms with van der Waals surface area (Å²) in [4.78, 5) is 22.1. The summed E-state index contributed by atoms with van der Waals surface area (Å²) in [6.07, 6.45) is 0.0833. The van der Waals surface area contributed by atoms with Gasteiger partial charge in [-0.15, -0.1) is 0 Å². The molecule has 1 N–H and O–H groups in total. The number of ether oxygens (including phenoxy) is 1. The number of hydrogen-bond acceptors (Lipinski definition) is 4. The first kappa shape index (κ1) is 16.5. The zero-order valence-electron chi connectivity index (χ0n) is 13.0. The standard InChI is InChI=1S/C17H18N2O4/c1-12(2)23-16-5-3-4-13(10-16)11-18-17(20)14-6-8-15(9-7-14)19(21)22/h3-10,12H,11H2,1-2H3,(H,18,20). The van der Waals surface area contributed by atoms with Crippen molar-refractivity contribution in [1.82, 2.24) is 5.32 Å². The maximum absolute atomic E-state index is 12.0. The van der Waals surface area contributed by atoms with Crippen molar-refractivity contribution in [1.29, 1.82) is 0 Å². The first-order chi connectivity index (χ1) is 11.0. The highest BCUT2D eigenvalue weighted by Gasteiger charge is 2.09. The van der Waals surface area contributed by atoms with E-state index in [4.69, 9.17) is 4.74 Å². The molecule has 23 heavy (non-hydrogen) atoms. The molecule has 0 aliphatic carbocycles.